The fourth-order valence-electron chi connectivity index (χ4n) is 0.913. The molecule has 0 heterocycles. The first kappa shape index (κ1) is 10.2. The largest absolute Gasteiger partial charge is 0.299 e. The van der Waals surface area contributed by atoms with Crippen molar-refractivity contribution in [3.63, 3.8) is 0 Å². The highest BCUT2D eigenvalue weighted by Gasteiger charge is 1.97. The van der Waals surface area contributed by atoms with Crippen molar-refractivity contribution in [1.29, 1.82) is 0 Å². The van der Waals surface area contributed by atoms with Crippen LogP contribution in [0.3, 0.4) is 0 Å². The summed E-state index contributed by atoms with van der Waals surface area (Å²) >= 11 is 3.41. The van der Waals surface area contributed by atoms with Crippen LogP contribution in [-0.2, 0) is 0 Å². The maximum Gasteiger partial charge on any atom is 0.0160 e. The molecule has 0 aliphatic carbocycles. The number of halogens is 1. The second-order valence-corrected chi connectivity index (χ2v) is 3.07. The molecular formula is C8H16BrN. The average Bonchev–Trinajstić information content (AvgIpc) is 1.90. The maximum absolute atomic E-state index is 3.71. The molecule has 0 aromatic heterocycles. The van der Waals surface area contributed by atoms with Gasteiger partial charge in [-0.25, -0.2) is 0 Å². The summed E-state index contributed by atoms with van der Waals surface area (Å²) in [7, 11) is 0. The highest BCUT2D eigenvalue weighted by molar-refractivity contribution is 9.09. The van der Waals surface area contributed by atoms with E-state index in [4.69, 9.17) is 0 Å². The van der Waals surface area contributed by atoms with Gasteiger partial charge in [-0.05, 0) is 13.0 Å². The lowest BCUT2D eigenvalue weighted by Crippen LogP contribution is -2.26. The van der Waals surface area contributed by atoms with E-state index in [-0.39, 0.29) is 0 Å². The summed E-state index contributed by atoms with van der Waals surface area (Å²) in [6, 6.07) is 0. The third kappa shape index (κ3) is 5.00. The van der Waals surface area contributed by atoms with E-state index in [9.17, 15) is 0 Å². The van der Waals surface area contributed by atoms with Crippen LogP contribution in [0, 0.1) is 0 Å². The normalized spacial score (nSPS) is 10.3. The van der Waals surface area contributed by atoms with Crippen LogP contribution in [0.4, 0.5) is 0 Å². The first-order valence-electron chi connectivity index (χ1n) is 3.74. The summed E-state index contributed by atoms with van der Waals surface area (Å²) in [5, 5.41) is 1.06. The SMILES string of the molecule is C=CCN(CCC)CCBr. The third-order valence-corrected chi connectivity index (χ3v) is 1.68. The Morgan fingerprint density at radius 3 is 2.60 bits per heavy atom. The summed E-state index contributed by atoms with van der Waals surface area (Å²) < 4.78 is 0. The molecule has 0 N–H and O–H groups in total. The van der Waals surface area contributed by atoms with Crippen molar-refractivity contribution in [2.24, 2.45) is 0 Å². The Morgan fingerprint density at radius 1 is 1.50 bits per heavy atom. The monoisotopic (exact) mass is 205 g/mol. The quantitative estimate of drug-likeness (QED) is 0.476. The molecule has 0 atom stereocenters. The van der Waals surface area contributed by atoms with Gasteiger partial charge in [0, 0.05) is 18.4 Å². The molecule has 0 saturated carbocycles. The topological polar surface area (TPSA) is 3.24 Å². The van der Waals surface area contributed by atoms with E-state index in [1.165, 1.54) is 13.0 Å². The molecule has 0 amide bonds. The molecule has 0 bridgehead atoms. The highest BCUT2D eigenvalue weighted by atomic mass is 79.9. The molecule has 10 heavy (non-hydrogen) atoms. The molecule has 0 aromatic carbocycles. The van der Waals surface area contributed by atoms with E-state index in [1.54, 1.807) is 0 Å². The number of rotatable bonds is 6. The maximum atomic E-state index is 3.71. The van der Waals surface area contributed by atoms with Crippen LogP contribution < -0.4 is 0 Å². The molecule has 0 fully saturated rings. The molecule has 1 nitrogen and oxygen atoms in total. The standard InChI is InChI=1S/C8H16BrN/c1-3-6-10(7-4-2)8-5-9/h3H,1,4-8H2,2H3. The minimum absolute atomic E-state index is 1.01. The highest BCUT2D eigenvalue weighted by Crippen LogP contribution is 1.93. The van der Waals surface area contributed by atoms with Gasteiger partial charge in [0.15, 0.2) is 0 Å². The fraction of sp³-hybridized carbons (Fsp3) is 0.750. The van der Waals surface area contributed by atoms with E-state index in [2.05, 4.69) is 34.3 Å². The van der Waals surface area contributed by atoms with Crippen molar-refractivity contribution in [1.82, 2.24) is 4.90 Å². The lowest BCUT2D eigenvalue weighted by atomic mass is 10.4. The Kier molecular flexibility index (Phi) is 7.42. The zero-order chi connectivity index (χ0) is 7.82. The molecule has 0 rings (SSSR count). The van der Waals surface area contributed by atoms with Gasteiger partial charge in [-0.3, -0.25) is 4.90 Å². The van der Waals surface area contributed by atoms with Crippen molar-refractivity contribution < 1.29 is 0 Å². The van der Waals surface area contributed by atoms with Gasteiger partial charge in [-0.2, -0.15) is 0 Å². The van der Waals surface area contributed by atoms with Crippen molar-refractivity contribution in [2.75, 3.05) is 25.0 Å². The second kappa shape index (κ2) is 7.29. The first-order chi connectivity index (χ1) is 4.85. The van der Waals surface area contributed by atoms with Crippen molar-refractivity contribution in [2.45, 2.75) is 13.3 Å². The van der Waals surface area contributed by atoms with Gasteiger partial charge in [-0.15, -0.1) is 6.58 Å². The number of hydrogen-bond acceptors (Lipinski definition) is 1. The van der Waals surface area contributed by atoms with Crippen molar-refractivity contribution >= 4 is 15.9 Å². The van der Waals surface area contributed by atoms with Crippen molar-refractivity contribution in [3.8, 4) is 0 Å². The van der Waals surface area contributed by atoms with Crippen LogP contribution in [0.25, 0.3) is 0 Å². The van der Waals surface area contributed by atoms with Gasteiger partial charge in [-0.1, -0.05) is 28.9 Å². The zero-order valence-corrected chi connectivity index (χ0v) is 8.23. The summed E-state index contributed by atoms with van der Waals surface area (Å²) in [5.41, 5.74) is 0. The van der Waals surface area contributed by atoms with E-state index < -0.39 is 0 Å². The predicted octanol–water partition coefficient (Wildman–Crippen LogP) is 2.28. The van der Waals surface area contributed by atoms with Gasteiger partial charge in [0.25, 0.3) is 0 Å². The van der Waals surface area contributed by atoms with E-state index >= 15 is 0 Å². The zero-order valence-electron chi connectivity index (χ0n) is 6.65. The summed E-state index contributed by atoms with van der Waals surface area (Å²) in [4.78, 5) is 2.38. The Bertz CT molecular complexity index is 77.3. The van der Waals surface area contributed by atoms with E-state index in [0.29, 0.717) is 0 Å². The Balaban J connectivity index is 3.38. The Morgan fingerprint density at radius 2 is 2.20 bits per heavy atom. The molecule has 0 aliphatic rings. The molecule has 0 unspecified atom stereocenters. The average molecular weight is 206 g/mol. The lowest BCUT2D eigenvalue weighted by Gasteiger charge is -2.17. The molecule has 0 spiro atoms. The second-order valence-electron chi connectivity index (χ2n) is 2.28. The van der Waals surface area contributed by atoms with E-state index in [0.717, 1.165) is 18.4 Å². The predicted molar refractivity (Wildman–Crippen MR) is 50.7 cm³/mol. The van der Waals surface area contributed by atoms with Crippen molar-refractivity contribution in [3.05, 3.63) is 12.7 Å². The Labute approximate surface area is 72.2 Å². The van der Waals surface area contributed by atoms with E-state index in [1.807, 2.05) is 6.08 Å². The van der Waals surface area contributed by atoms with Crippen LogP contribution in [0.2, 0.25) is 0 Å². The minimum atomic E-state index is 1.01. The van der Waals surface area contributed by atoms with Gasteiger partial charge in [0.2, 0.25) is 0 Å². The molecule has 0 radical (unpaired) electrons. The van der Waals surface area contributed by atoms with Gasteiger partial charge in [0.1, 0.15) is 0 Å². The molecule has 0 aliphatic heterocycles. The fourth-order valence-corrected chi connectivity index (χ4v) is 1.41. The smallest absolute Gasteiger partial charge is 0.0160 e. The van der Waals surface area contributed by atoms with Gasteiger partial charge >= 0.3 is 0 Å². The van der Waals surface area contributed by atoms with Crippen LogP contribution in [-0.4, -0.2) is 29.9 Å². The van der Waals surface area contributed by atoms with Crippen LogP contribution in [0.15, 0.2) is 12.7 Å². The lowest BCUT2D eigenvalue weighted by molar-refractivity contribution is 0.323. The van der Waals surface area contributed by atoms with Crippen LogP contribution >= 0.6 is 15.9 Å². The molecule has 2 heteroatoms. The Hall–Kier alpha value is 0.180. The number of hydrogen-bond donors (Lipinski definition) is 0. The molecule has 60 valence electrons. The summed E-state index contributed by atoms with van der Waals surface area (Å²) in [6.07, 6.45) is 3.18. The van der Waals surface area contributed by atoms with Gasteiger partial charge < -0.3 is 0 Å². The molecule has 0 aromatic rings. The van der Waals surface area contributed by atoms with Gasteiger partial charge in [0.05, 0.1) is 0 Å². The molecule has 0 saturated heterocycles. The molecular weight excluding hydrogens is 190 g/mol. The summed E-state index contributed by atoms with van der Waals surface area (Å²) in [5.74, 6) is 0. The minimum Gasteiger partial charge on any atom is -0.299 e. The number of alkyl halides is 1. The first-order valence-corrected chi connectivity index (χ1v) is 4.86. The third-order valence-electron chi connectivity index (χ3n) is 1.33. The van der Waals surface area contributed by atoms with Crippen LogP contribution in [0.5, 0.6) is 0 Å². The summed E-state index contributed by atoms with van der Waals surface area (Å²) in [6.45, 7) is 9.22. The van der Waals surface area contributed by atoms with Crippen LogP contribution in [0.1, 0.15) is 13.3 Å². The number of nitrogens with zero attached hydrogens (tertiary/aromatic N) is 1.